The molecule has 0 radical (unpaired) electrons. The number of aromatic nitrogens is 2. The minimum atomic E-state index is -0.983. The fraction of sp³-hybridized carbons (Fsp3) is 0.154. The number of carboxylic acids is 1. The molecule has 6 nitrogen and oxygen atoms in total. The van der Waals surface area contributed by atoms with Crippen LogP contribution in [0.25, 0.3) is 0 Å². The third-order valence-electron chi connectivity index (χ3n) is 2.82. The quantitative estimate of drug-likeness (QED) is 0.897. The molecule has 0 saturated heterocycles. The molecule has 0 spiro atoms. The summed E-state index contributed by atoms with van der Waals surface area (Å²) < 4.78 is 1.43. The van der Waals surface area contributed by atoms with E-state index in [0.29, 0.717) is 5.69 Å². The van der Waals surface area contributed by atoms with Crippen LogP contribution in [-0.4, -0.2) is 27.7 Å². The molecule has 2 rings (SSSR count). The van der Waals surface area contributed by atoms with Crippen LogP contribution in [-0.2, 0) is 7.05 Å². The van der Waals surface area contributed by atoms with E-state index in [1.807, 2.05) is 0 Å². The van der Waals surface area contributed by atoms with Gasteiger partial charge in [0.05, 0.1) is 5.56 Å². The van der Waals surface area contributed by atoms with Crippen LogP contribution in [0.3, 0.4) is 0 Å². The number of carbonyl (C=O) groups is 1. The molecule has 0 bridgehead atoms. The molecule has 0 aliphatic rings. The lowest BCUT2D eigenvalue weighted by Crippen LogP contribution is -2.26. The van der Waals surface area contributed by atoms with E-state index in [2.05, 4.69) is 4.98 Å². The summed E-state index contributed by atoms with van der Waals surface area (Å²) in [6.45, 7) is 0. The Morgan fingerprint density at radius 2 is 1.95 bits per heavy atom. The second kappa shape index (κ2) is 4.93. The molecule has 0 atom stereocenters. The van der Waals surface area contributed by atoms with Gasteiger partial charge in [0.2, 0.25) is 0 Å². The Morgan fingerprint density at radius 3 is 2.53 bits per heavy atom. The van der Waals surface area contributed by atoms with Crippen LogP contribution in [0.1, 0.15) is 10.4 Å². The second-order valence-electron chi connectivity index (χ2n) is 4.08. The van der Waals surface area contributed by atoms with Crippen LogP contribution in [0, 0.1) is 0 Å². The number of rotatable bonds is 3. The first-order valence-electron chi connectivity index (χ1n) is 5.59. The molecule has 98 valence electrons. The molecular weight excluding hydrogens is 246 g/mol. The van der Waals surface area contributed by atoms with E-state index in [1.165, 1.54) is 16.7 Å². The Labute approximate surface area is 109 Å². The van der Waals surface area contributed by atoms with Crippen molar-refractivity contribution in [2.24, 2.45) is 7.05 Å². The Morgan fingerprint density at radius 1 is 1.32 bits per heavy atom. The van der Waals surface area contributed by atoms with Crippen molar-refractivity contribution in [3.8, 4) is 0 Å². The van der Waals surface area contributed by atoms with Crippen molar-refractivity contribution in [2.75, 3.05) is 11.9 Å². The van der Waals surface area contributed by atoms with Crippen molar-refractivity contribution < 1.29 is 9.90 Å². The maximum absolute atomic E-state index is 11.9. The summed E-state index contributed by atoms with van der Waals surface area (Å²) >= 11 is 0. The van der Waals surface area contributed by atoms with Crippen LogP contribution < -0.4 is 10.5 Å². The average molecular weight is 259 g/mol. The Balaban J connectivity index is 2.39. The minimum absolute atomic E-state index is 0.200. The summed E-state index contributed by atoms with van der Waals surface area (Å²) in [5, 5.41) is 8.83. The topological polar surface area (TPSA) is 75.4 Å². The Kier molecular flexibility index (Phi) is 3.33. The fourth-order valence-electron chi connectivity index (χ4n) is 1.66. The number of aromatic carboxylic acids is 1. The third kappa shape index (κ3) is 2.47. The van der Waals surface area contributed by atoms with Crippen LogP contribution in [0.2, 0.25) is 0 Å². The van der Waals surface area contributed by atoms with E-state index >= 15 is 0 Å². The van der Waals surface area contributed by atoms with E-state index in [0.717, 1.165) is 0 Å². The molecule has 0 aliphatic heterocycles. The number of benzene rings is 1. The summed E-state index contributed by atoms with van der Waals surface area (Å²) in [5.41, 5.74) is 0.680. The van der Waals surface area contributed by atoms with Crippen molar-refractivity contribution in [1.29, 1.82) is 0 Å². The predicted molar refractivity (Wildman–Crippen MR) is 70.9 cm³/mol. The van der Waals surface area contributed by atoms with Crippen molar-refractivity contribution in [1.82, 2.24) is 9.55 Å². The van der Waals surface area contributed by atoms with E-state index in [1.54, 1.807) is 43.5 Å². The van der Waals surface area contributed by atoms with Crippen LogP contribution in [0.4, 0.5) is 11.5 Å². The molecule has 2 aromatic rings. The van der Waals surface area contributed by atoms with Crippen LogP contribution >= 0.6 is 0 Å². The standard InChI is InChI=1S/C13H13N3O3/c1-15-8-7-14-11(12(15)17)16(2)10-5-3-9(4-6-10)13(18)19/h3-8H,1-2H3,(H,18,19). The van der Waals surface area contributed by atoms with Crippen molar-refractivity contribution in [3.05, 3.63) is 52.6 Å². The zero-order valence-electron chi connectivity index (χ0n) is 10.6. The fourth-order valence-corrected chi connectivity index (χ4v) is 1.66. The van der Waals surface area contributed by atoms with E-state index in [4.69, 9.17) is 5.11 Å². The van der Waals surface area contributed by atoms with Crippen molar-refractivity contribution in [2.45, 2.75) is 0 Å². The SMILES string of the molecule is CN(c1ccc(C(=O)O)cc1)c1nccn(C)c1=O. The zero-order valence-corrected chi connectivity index (χ0v) is 10.6. The number of carboxylic acid groups (broad SMARTS) is 1. The highest BCUT2D eigenvalue weighted by atomic mass is 16.4. The van der Waals surface area contributed by atoms with Gasteiger partial charge in [-0.25, -0.2) is 9.78 Å². The van der Waals surface area contributed by atoms with Gasteiger partial charge in [-0.3, -0.25) is 4.79 Å². The van der Waals surface area contributed by atoms with E-state index in [9.17, 15) is 9.59 Å². The maximum Gasteiger partial charge on any atom is 0.335 e. The molecule has 0 unspecified atom stereocenters. The number of nitrogens with zero attached hydrogens (tertiary/aromatic N) is 3. The van der Waals surface area contributed by atoms with Gasteiger partial charge in [-0.1, -0.05) is 0 Å². The summed E-state index contributed by atoms with van der Waals surface area (Å²) in [6, 6.07) is 6.25. The monoisotopic (exact) mass is 259 g/mol. The Hall–Kier alpha value is -2.63. The molecule has 19 heavy (non-hydrogen) atoms. The van der Waals surface area contributed by atoms with E-state index in [-0.39, 0.29) is 16.9 Å². The molecule has 1 aromatic carbocycles. The zero-order chi connectivity index (χ0) is 14.0. The summed E-state index contributed by atoms with van der Waals surface area (Å²) in [7, 11) is 3.36. The van der Waals surface area contributed by atoms with Gasteiger partial charge in [-0.05, 0) is 24.3 Å². The van der Waals surface area contributed by atoms with Crippen molar-refractivity contribution >= 4 is 17.5 Å². The second-order valence-corrected chi connectivity index (χ2v) is 4.08. The highest BCUT2D eigenvalue weighted by Crippen LogP contribution is 2.19. The van der Waals surface area contributed by atoms with Gasteiger partial charge in [0.15, 0.2) is 5.82 Å². The lowest BCUT2D eigenvalue weighted by Gasteiger charge is -2.17. The number of hydrogen-bond acceptors (Lipinski definition) is 4. The maximum atomic E-state index is 11.9. The molecule has 1 heterocycles. The first-order chi connectivity index (χ1) is 9.00. The molecule has 0 fully saturated rings. The van der Waals surface area contributed by atoms with Gasteiger partial charge >= 0.3 is 5.97 Å². The van der Waals surface area contributed by atoms with Gasteiger partial charge in [-0.2, -0.15) is 0 Å². The molecule has 0 saturated carbocycles. The van der Waals surface area contributed by atoms with Gasteiger partial charge < -0.3 is 14.6 Å². The summed E-state index contributed by atoms with van der Waals surface area (Å²) in [6.07, 6.45) is 3.12. The van der Waals surface area contributed by atoms with Gasteiger partial charge in [0, 0.05) is 32.2 Å². The molecule has 1 aromatic heterocycles. The lowest BCUT2D eigenvalue weighted by atomic mass is 10.2. The normalized spacial score (nSPS) is 10.2. The average Bonchev–Trinajstić information content (AvgIpc) is 2.41. The molecule has 1 N–H and O–H groups in total. The van der Waals surface area contributed by atoms with Crippen LogP contribution in [0.15, 0.2) is 41.5 Å². The van der Waals surface area contributed by atoms with Gasteiger partial charge in [0.25, 0.3) is 5.56 Å². The smallest absolute Gasteiger partial charge is 0.335 e. The highest BCUT2D eigenvalue weighted by Gasteiger charge is 2.11. The largest absolute Gasteiger partial charge is 0.478 e. The summed E-state index contributed by atoms with van der Waals surface area (Å²) in [4.78, 5) is 28.4. The number of hydrogen-bond donors (Lipinski definition) is 1. The first-order valence-corrected chi connectivity index (χ1v) is 5.59. The van der Waals surface area contributed by atoms with Crippen molar-refractivity contribution in [3.63, 3.8) is 0 Å². The third-order valence-corrected chi connectivity index (χ3v) is 2.82. The minimum Gasteiger partial charge on any atom is -0.478 e. The lowest BCUT2D eigenvalue weighted by molar-refractivity contribution is 0.0697. The number of anilines is 2. The number of aryl methyl sites for hydroxylation is 1. The molecular formula is C13H13N3O3. The first kappa shape index (κ1) is 12.8. The van der Waals surface area contributed by atoms with Gasteiger partial charge in [0.1, 0.15) is 0 Å². The summed E-state index contributed by atoms with van der Waals surface area (Å²) in [5.74, 6) is -0.698. The molecule has 0 aliphatic carbocycles. The molecule has 0 amide bonds. The highest BCUT2D eigenvalue weighted by molar-refractivity contribution is 5.88. The Bertz CT molecular complexity index is 662. The van der Waals surface area contributed by atoms with Crippen LogP contribution in [0.5, 0.6) is 0 Å². The predicted octanol–water partition coefficient (Wildman–Crippen LogP) is 1.25. The van der Waals surface area contributed by atoms with Gasteiger partial charge in [-0.15, -0.1) is 0 Å². The van der Waals surface area contributed by atoms with E-state index < -0.39 is 5.97 Å². The molecule has 6 heteroatoms.